The molecular formula is C19H15ClN2O5. The van der Waals surface area contributed by atoms with Gasteiger partial charge in [-0.25, -0.2) is 4.79 Å². The lowest BCUT2D eigenvalue weighted by atomic mass is 10.1. The molecule has 7 nitrogen and oxygen atoms in total. The topological polar surface area (TPSA) is 94.7 Å². The second-order valence-electron chi connectivity index (χ2n) is 5.41. The molecule has 0 amide bonds. The number of ether oxygens (including phenoxy) is 2. The molecule has 1 N–H and O–H groups in total. The predicted molar refractivity (Wildman–Crippen MR) is 100.0 cm³/mol. The number of aromatic carboxylic acids is 1. The summed E-state index contributed by atoms with van der Waals surface area (Å²) in [5, 5.41) is 13.1. The van der Waals surface area contributed by atoms with Gasteiger partial charge >= 0.3 is 5.97 Å². The summed E-state index contributed by atoms with van der Waals surface area (Å²) in [6.07, 6.45) is 1.61. The molecule has 0 bridgehead atoms. The second-order valence-corrected chi connectivity index (χ2v) is 5.82. The zero-order valence-corrected chi connectivity index (χ0v) is 15.2. The molecule has 0 saturated carbocycles. The minimum atomic E-state index is -0.994. The van der Waals surface area contributed by atoms with E-state index < -0.39 is 5.97 Å². The van der Waals surface area contributed by atoms with Crippen molar-refractivity contribution in [3.05, 3.63) is 59.5 Å². The Hall–Kier alpha value is -3.32. The van der Waals surface area contributed by atoms with Crippen LogP contribution in [0, 0.1) is 0 Å². The number of nitrogens with zero attached hydrogens (tertiary/aromatic N) is 2. The normalized spacial score (nSPS) is 11.3. The van der Waals surface area contributed by atoms with E-state index in [1.54, 1.807) is 43.5 Å². The van der Waals surface area contributed by atoms with Crippen LogP contribution in [0.1, 0.15) is 21.8 Å². The Morgan fingerprint density at radius 2 is 1.89 bits per heavy atom. The fourth-order valence-electron chi connectivity index (χ4n) is 2.34. The highest BCUT2D eigenvalue weighted by atomic mass is 35.5. The molecule has 0 saturated heterocycles. The van der Waals surface area contributed by atoms with Gasteiger partial charge in [-0.2, -0.15) is 4.98 Å². The first-order valence-corrected chi connectivity index (χ1v) is 8.16. The second kappa shape index (κ2) is 7.92. The quantitative estimate of drug-likeness (QED) is 0.678. The van der Waals surface area contributed by atoms with Gasteiger partial charge < -0.3 is 19.1 Å². The third-order valence-corrected chi connectivity index (χ3v) is 4.00. The average molecular weight is 387 g/mol. The first-order valence-electron chi connectivity index (χ1n) is 7.79. The van der Waals surface area contributed by atoms with Gasteiger partial charge in [0.1, 0.15) is 16.5 Å². The zero-order chi connectivity index (χ0) is 19.4. The van der Waals surface area contributed by atoms with Crippen molar-refractivity contribution in [1.29, 1.82) is 0 Å². The van der Waals surface area contributed by atoms with Crippen LogP contribution in [0.15, 0.2) is 47.0 Å². The number of hydrogen-bond donors (Lipinski definition) is 1. The van der Waals surface area contributed by atoms with Crippen molar-refractivity contribution in [2.24, 2.45) is 0 Å². The summed E-state index contributed by atoms with van der Waals surface area (Å²) >= 11 is 6.26. The minimum Gasteiger partial charge on any atom is -0.497 e. The fraction of sp³-hybridized carbons (Fsp3) is 0.105. The average Bonchev–Trinajstić information content (AvgIpc) is 3.18. The smallest absolute Gasteiger partial charge is 0.335 e. The monoisotopic (exact) mass is 386 g/mol. The van der Waals surface area contributed by atoms with Crippen molar-refractivity contribution < 1.29 is 23.9 Å². The molecule has 3 aromatic rings. The summed E-state index contributed by atoms with van der Waals surface area (Å²) in [4.78, 5) is 15.2. The highest BCUT2D eigenvalue weighted by molar-refractivity contribution is 6.50. The highest BCUT2D eigenvalue weighted by Crippen LogP contribution is 2.32. The van der Waals surface area contributed by atoms with Gasteiger partial charge in [0, 0.05) is 6.07 Å². The van der Waals surface area contributed by atoms with E-state index in [-0.39, 0.29) is 16.5 Å². The van der Waals surface area contributed by atoms with Gasteiger partial charge in [-0.15, -0.1) is 0 Å². The molecule has 0 aliphatic rings. The number of carboxylic acids is 1. The summed E-state index contributed by atoms with van der Waals surface area (Å²) in [6, 6.07) is 11.5. The Morgan fingerprint density at radius 3 is 2.52 bits per heavy atom. The van der Waals surface area contributed by atoms with E-state index in [1.807, 2.05) is 0 Å². The molecule has 1 heterocycles. The maximum atomic E-state index is 10.9. The lowest BCUT2D eigenvalue weighted by molar-refractivity contribution is 0.0697. The number of hydrogen-bond acceptors (Lipinski definition) is 6. The number of carbonyl (C=O) groups is 1. The molecule has 1 aromatic heterocycles. The first-order chi connectivity index (χ1) is 13.0. The summed E-state index contributed by atoms with van der Waals surface area (Å²) in [5.41, 5.74) is 1.52. The van der Waals surface area contributed by atoms with Crippen LogP contribution < -0.4 is 9.47 Å². The Bertz CT molecular complexity index is 996. The van der Waals surface area contributed by atoms with E-state index in [9.17, 15) is 4.79 Å². The summed E-state index contributed by atoms with van der Waals surface area (Å²) in [6.45, 7) is 0. The van der Waals surface area contributed by atoms with Crippen LogP contribution >= 0.6 is 11.6 Å². The van der Waals surface area contributed by atoms with Gasteiger partial charge in [-0.3, -0.25) is 0 Å². The van der Waals surface area contributed by atoms with Crippen molar-refractivity contribution in [3.63, 3.8) is 0 Å². The van der Waals surface area contributed by atoms with E-state index in [0.717, 1.165) is 0 Å². The maximum Gasteiger partial charge on any atom is 0.335 e. The number of carboxylic acid groups (broad SMARTS) is 1. The highest BCUT2D eigenvalue weighted by Gasteiger charge is 2.16. The van der Waals surface area contributed by atoms with Crippen LogP contribution in [0.4, 0.5) is 0 Å². The molecule has 0 fully saturated rings. The van der Waals surface area contributed by atoms with Crippen molar-refractivity contribution in [2.75, 3.05) is 14.2 Å². The third-order valence-electron chi connectivity index (χ3n) is 3.73. The van der Waals surface area contributed by atoms with Gasteiger partial charge in [0.15, 0.2) is 0 Å². The SMILES string of the molecule is COc1ccc(-c2noc(/C(Cl)=C/c3ccc(C(=O)O)cc3)n2)c(OC)c1. The molecule has 138 valence electrons. The molecule has 0 radical (unpaired) electrons. The molecule has 2 aromatic carbocycles. The van der Waals surface area contributed by atoms with E-state index >= 15 is 0 Å². The third kappa shape index (κ3) is 4.09. The standard InChI is InChI=1S/C19H15ClN2O5/c1-25-13-7-8-14(16(10-13)26-2)17-21-18(27-22-17)15(20)9-11-3-5-12(6-4-11)19(23)24/h3-10H,1-2H3,(H,23,24)/b15-9-. The predicted octanol–water partition coefficient (Wildman–Crippen LogP) is 4.19. The van der Waals surface area contributed by atoms with Crippen LogP contribution in [0.5, 0.6) is 11.5 Å². The molecule has 0 aliphatic heterocycles. The molecule has 8 heteroatoms. The molecule has 0 unspecified atom stereocenters. The van der Waals surface area contributed by atoms with Crippen LogP contribution in [0.25, 0.3) is 22.5 Å². The van der Waals surface area contributed by atoms with E-state index in [0.29, 0.717) is 28.5 Å². The van der Waals surface area contributed by atoms with Crippen molar-refractivity contribution in [1.82, 2.24) is 10.1 Å². The van der Waals surface area contributed by atoms with E-state index in [2.05, 4.69) is 10.1 Å². The van der Waals surface area contributed by atoms with Crippen molar-refractivity contribution >= 4 is 28.7 Å². The lowest BCUT2D eigenvalue weighted by Gasteiger charge is -2.07. The van der Waals surface area contributed by atoms with Crippen LogP contribution in [0.3, 0.4) is 0 Å². The van der Waals surface area contributed by atoms with Crippen LogP contribution in [-0.4, -0.2) is 35.4 Å². The largest absolute Gasteiger partial charge is 0.497 e. The van der Waals surface area contributed by atoms with Crippen molar-refractivity contribution in [3.8, 4) is 22.9 Å². The maximum absolute atomic E-state index is 10.9. The molecule has 0 spiro atoms. The Kier molecular flexibility index (Phi) is 5.42. The minimum absolute atomic E-state index is 0.131. The summed E-state index contributed by atoms with van der Waals surface area (Å²) < 4.78 is 15.7. The Labute approximate surface area is 159 Å². The molecule has 0 aliphatic carbocycles. The number of methoxy groups -OCH3 is 2. The summed E-state index contributed by atoms with van der Waals surface area (Å²) in [7, 11) is 3.10. The van der Waals surface area contributed by atoms with Gasteiger partial charge in [0.25, 0.3) is 5.89 Å². The van der Waals surface area contributed by atoms with Gasteiger partial charge in [-0.1, -0.05) is 28.9 Å². The van der Waals surface area contributed by atoms with Gasteiger partial charge in [0.2, 0.25) is 5.82 Å². The first kappa shape index (κ1) is 18.5. The lowest BCUT2D eigenvalue weighted by Crippen LogP contribution is -1.94. The number of aromatic nitrogens is 2. The number of rotatable bonds is 6. The molecule has 27 heavy (non-hydrogen) atoms. The Balaban J connectivity index is 1.87. The summed E-state index contributed by atoms with van der Waals surface area (Å²) in [5.74, 6) is 0.629. The van der Waals surface area contributed by atoms with E-state index in [4.69, 9.17) is 30.7 Å². The number of halogens is 1. The van der Waals surface area contributed by atoms with Gasteiger partial charge in [-0.05, 0) is 35.9 Å². The van der Waals surface area contributed by atoms with E-state index in [1.165, 1.54) is 19.2 Å². The van der Waals surface area contributed by atoms with Crippen LogP contribution in [-0.2, 0) is 0 Å². The Morgan fingerprint density at radius 1 is 1.15 bits per heavy atom. The van der Waals surface area contributed by atoms with Crippen molar-refractivity contribution in [2.45, 2.75) is 0 Å². The zero-order valence-electron chi connectivity index (χ0n) is 14.5. The molecule has 0 atom stereocenters. The fourth-order valence-corrected chi connectivity index (χ4v) is 2.55. The number of benzene rings is 2. The van der Waals surface area contributed by atoms with Crippen LogP contribution in [0.2, 0.25) is 0 Å². The molecule has 3 rings (SSSR count). The van der Waals surface area contributed by atoms with Gasteiger partial charge in [0.05, 0.1) is 25.3 Å². The molecular weight excluding hydrogens is 372 g/mol.